The van der Waals surface area contributed by atoms with E-state index in [-0.39, 0.29) is 16.5 Å². The highest BCUT2D eigenvalue weighted by molar-refractivity contribution is 7.93. The molecule has 1 heterocycles. The van der Waals surface area contributed by atoms with Gasteiger partial charge in [0.2, 0.25) is 10.0 Å². The Labute approximate surface area is 150 Å². The zero-order valence-corrected chi connectivity index (χ0v) is 15.2. The zero-order valence-electron chi connectivity index (χ0n) is 12.8. The van der Waals surface area contributed by atoms with Crippen LogP contribution < -0.4 is 9.03 Å². The fraction of sp³-hybridized carbons (Fsp3) is 0.200. The number of nitrogens with zero attached hydrogens (tertiary/aromatic N) is 1. The fourth-order valence-electron chi connectivity index (χ4n) is 2.53. The number of halogens is 2. The van der Waals surface area contributed by atoms with Gasteiger partial charge in [0.1, 0.15) is 10.7 Å². The number of benzene rings is 2. The summed E-state index contributed by atoms with van der Waals surface area (Å²) >= 11 is 5.62. The largest absolute Gasteiger partial charge is 0.280 e. The number of anilines is 2. The molecular weight excluding hydrogens is 391 g/mol. The van der Waals surface area contributed by atoms with Crippen molar-refractivity contribution in [2.45, 2.75) is 11.3 Å². The van der Waals surface area contributed by atoms with E-state index in [9.17, 15) is 21.2 Å². The lowest BCUT2D eigenvalue weighted by Gasteiger charge is -2.17. The van der Waals surface area contributed by atoms with Gasteiger partial charge in [0.15, 0.2) is 0 Å². The number of hydrogen-bond donors (Lipinski definition) is 1. The molecule has 134 valence electrons. The van der Waals surface area contributed by atoms with Crippen molar-refractivity contribution in [2.24, 2.45) is 0 Å². The minimum atomic E-state index is -4.13. The van der Waals surface area contributed by atoms with E-state index < -0.39 is 30.8 Å². The third-order valence-electron chi connectivity index (χ3n) is 3.69. The zero-order chi connectivity index (χ0) is 18.2. The van der Waals surface area contributed by atoms with Crippen LogP contribution >= 0.6 is 11.6 Å². The van der Waals surface area contributed by atoms with E-state index in [1.807, 2.05) is 0 Å². The molecule has 10 heteroatoms. The molecule has 1 aliphatic rings. The molecule has 1 N–H and O–H groups in total. The van der Waals surface area contributed by atoms with Gasteiger partial charge in [0, 0.05) is 17.3 Å². The SMILES string of the molecule is O=S(=O)(Nc1ccc(N2CCCS2(=O)=O)cc1)c1ccc(Cl)cc1F. The van der Waals surface area contributed by atoms with Crippen molar-refractivity contribution >= 4 is 43.0 Å². The molecule has 2 aromatic rings. The molecule has 0 aliphatic carbocycles. The van der Waals surface area contributed by atoms with Crippen LogP contribution in [0, 0.1) is 5.82 Å². The van der Waals surface area contributed by atoms with Crippen LogP contribution in [0.1, 0.15) is 6.42 Å². The number of hydrogen-bond acceptors (Lipinski definition) is 4. The van der Waals surface area contributed by atoms with Gasteiger partial charge in [-0.3, -0.25) is 9.03 Å². The van der Waals surface area contributed by atoms with Crippen molar-refractivity contribution in [3.8, 4) is 0 Å². The Morgan fingerprint density at radius 3 is 2.36 bits per heavy atom. The van der Waals surface area contributed by atoms with Gasteiger partial charge in [0.05, 0.1) is 11.4 Å². The first-order valence-corrected chi connectivity index (χ1v) is 10.7. The highest BCUT2D eigenvalue weighted by Crippen LogP contribution is 2.27. The second-order valence-electron chi connectivity index (χ2n) is 5.47. The Morgan fingerprint density at radius 1 is 1.12 bits per heavy atom. The monoisotopic (exact) mass is 404 g/mol. The molecule has 0 spiro atoms. The molecule has 1 fully saturated rings. The van der Waals surface area contributed by atoms with Gasteiger partial charge in [-0.1, -0.05) is 11.6 Å². The molecule has 0 atom stereocenters. The van der Waals surface area contributed by atoms with E-state index in [4.69, 9.17) is 11.6 Å². The molecule has 3 rings (SSSR count). The van der Waals surface area contributed by atoms with Gasteiger partial charge in [0.25, 0.3) is 10.0 Å². The van der Waals surface area contributed by atoms with Crippen LogP contribution in [0.3, 0.4) is 0 Å². The van der Waals surface area contributed by atoms with Crippen molar-refractivity contribution in [1.29, 1.82) is 0 Å². The Kier molecular flexibility index (Phi) is 4.65. The lowest BCUT2D eigenvalue weighted by molar-refractivity contribution is 0.570. The molecular formula is C15H14ClFN2O4S2. The summed E-state index contributed by atoms with van der Waals surface area (Å²) in [4.78, 5) is -0.525. The normalized spacial score (nSPS) is 16.8. The third kappa shape index (κ3) is 3.73. The van der Waals surface area contributed by atoms with Crippen LogP contribution in [0.25, 0.3) is 0 Å². The summed E-state index contributed by atoms with van der Waals surface area (Å²) in [6.07, 6.45) is 0.548. The summed E-state index contributed by atoms with van der Waals surface area (Å²) in [5.74, 6) is -0.864. The number of nitrogens with one attached hydrogen (secondary N) is 1. The molecule has 0 radical (unpaired) electrons. The summed E-state index contributed by atoms with van der Waals surface area (Å²) < 4.78 is 65.7. The second kappa shape index (κ2) is 6.47. The Bertz CT molecular complexity index is 1010. The molecule has 0 aromatic heterocycles. The lowest BCUT2D eigenvalue weighted by Crippen LogP contribution is -2.25. The van der Waals surface area contributed by atoms with Crippen LogP contribution in [-0.2, 0) is 20.0 Å². The maximum atomic E-state index is 13.8. The lowest BCUT2D eigenvalue weighted by atomic mass is 10.3. The van der Waals surface area contributed by atoms with Gasteiger partial charge >= 0.3 is 0 Å². The van der Waals surface area contributed by atoms with Crippen molar-refractivity contribution < 1.29 is 21.2 Å². The highest BCUT2D eigenvalue weighted by Gasteiger charge is 2.28. The van der Waals surface area contributed by atoms with Gasteiger partial charge in [-0.05, 0) is 48.9 Å². The van der Waals surface area contributed by atoms with E-state index in [0.29, 0.717) is 18.7 Å². The maximum absolute atomic E-state index is 13.8. The van der Waals surface area contributed by atoms with Gasteiger partial charge in [-0.15, -0.1) is 0 Å². The number of sulfonamides is 2. The van der Waals surface area contributed by atoms with E-state index in [1.54, 1.807) is 0 Å². The summed E-state index contributed by atoms with van der Waals surface area (Å²) in [6, 6.07) is 9.12. The topological polar surface area (TPSA) is 83.6 Å². The molecule has 0 saturated carbocycles. The standard InChI is InChI=1S/C15H14ClFN2O4S2/c16-11-2-7-15(14(17)10-11)25(22,23)18-12-3-5-13(6-4-12)19-8-1-9-24(19,20)21/h2-7,10,18H,1,8-9H2. The van der Waals surface area contributed by atoms with E-state index in [1.165, 1.54) is 34.6 Å². The quantitative estimate of drug-likeness (QED) is 0.849. The highest BCUT2D eigenvalue weighted by atomic mass is 35.5. The van der Waals surface area contributed by atoms with Crippen molar-refractivity contribution in [2.75, 3.05) is 21.3 Å². The third-order valence-corrected chi connectivity index (χ3v) is 7.21. The molecule has 0 unspecified atom stereocenters. The minimum Gasteiger partial charge on any atom is -0.280 e. The van der Waals surface area contributed by atoms with E-state index in [0.717, 1.165) is 12.1 Å². The van der Waals surface area contributed by atoms with Crippen molar-refractivity contribution in [3.63, 3.8) is 0 Å². The number of rotatable bonds is 4. The van der Waals surface area contributed by atoms with Gasteiger partial charge in [-0.25, -0.2) is 21.2 Å². The summed E-state index contributed by atoms with van der Waals surface area (Å²) in [7, 11) is -7.44. The molecule has 1 saturated heterocycles. The smallest absolute Gasteiger partial charge is 0.264 e. The molecule has 0 bridgehead atoms. The molecule has 0 amide bonds. The first kappa shape index (κ1) is 18.0. The molecule has 6 nitrogen and oxygen atoms in total. The Balaban J connectivity index is 1.84. The fourth-order valence-corrected chi connectivity index (χ4v) is 5.37. The van der Waals surface area contributed by atoms with Crippen molar-refractivity contribution in [3.05, 3.63) is 53.3 Å². The predicted molar refractivity (Wildman–Crippen MR) is 94.4 cm³/mol. The minimum absolute atomic E-state index is 0.0904. The first-order chi connectivity index (χ1) is 11.7. The van der Waals surface area contributed by atoms with E-state index in [2.05, 4.69) is 4.72 Å². The molecule has 25 heavy (non-hydrogen) atoms. The summed E-state index contributed by atoms with van der Waals surface area (Å²) in [5, 5.41) is 0.0904. The molecule has 2 aromatic carbocycles. The van der Waals surface area contributed by atoms with Crippen LogP contribution in [0.5, 0.6) is 0 Å². The van der Waals surface area contributed by atoms with Crippen LogP contribution in [0.4, 0.5) is 15.8 Å². The average molecular weight is 405 g/mol. The summed E-state index contributed by atoms with van der Waals surface area (Å²) in [6.45, 7) is 0.392. The van der Waals surface area contributed by atoms with E-state index >= 15 is 0 Å². The van der Waals surface area contributed by atoms with Gasteiger partial charge in [-0.2, -0.15) is 0 Å². The average Bonchev–Trinajstić information content (AvgIpc) is 2.86. The van der Waals surface area contributed by atoms with Crippen LogP contribution in [-0.4, -0.2) is 29.1 Å². The first-order valence-electron chi connectivity index (χ1n) is 7.27. The van der Waals surface area contributed by atoms with Gasteiger partial charge < -0.3 is 0 Å². The molecule has 1 aliphatic heterocycles. The van der Waals surface area contributed by atoms with Crippen molar-refractivity contribution in [1.82, 2.24) is 0 Å². The maximum Gasteiger partial charge on any atom is 0.264 e. The van der Waals surface area contributed by atoms with Crippen LogP contribution in [0.2, 0.25) is 5.02 Å². The Morgan fingerprint density at radius 2 is 1.80 bits per heavy atom. The summed E-state index contributed by atoms with van der Waals surface area (Å²) in [5.41, 5.74) is 0.646. The second-order valence-corrected chi connectivity index (χ2v) is 9.57. The Hall–Kier alpha value is -1.84. The van der Waals surface area contributed by atoms with Crippen LogP contribution in [0.15, 0.2) is 47.4 Å². The predicted octanol–water partition coefficient (Wildman–Crippen LogP) is 2.82.